The highest BCUT2D eigenvalue weighted by atomic mass is 32.2. The monoisotopic (exact) mass is 418 g/mol. The fourth-order valence-electron chi connectivity index (χ4n) is 2.61. The standard InChI is InChI=1S/C21H26N2O5S/c1-14-9-10-17(11-15(14)2)16(3)22-20(24)13-28-21(25)18-7-6-8-19(12-18)29(26,27)23(4)5/h6-12,16H,13H2,1-5H3,(H,22,24). The van der Waals surface area contributed by atoms with Crippen LogP contribution < -0.4 is 5.32 Å². The van der Waals surface area contributed by atoms with Crippen molar-refractivity contribution in [3.05, 3.63) is 64.7 Å². The van der Waals surface area contributed by atoms with Gasteiger partial charge in [0.05, 0.1) is 16.5 Å². The minimum atomic E-state index is -3.67. The molecule has 1 unspecified atom stereocenters. The van der Waals surface area contributed by atoms with Gasteiger partial charge < -0.3 is 10.1 Å². The molecule has 1 atom stereocenters. The second kappa shape index (κ2) is 9.19. The Hall–Kier alpha value is -2.71. The van der Waals surface area contributed by atoms with Crippen molar-refractivity contribution < 1.29 is 22.7 Å². The fraction of sp³-hybridized carbons (Fsp3) is 0.333. The lowest BCUT2D eigenvalue weighted by Crippen LogP contribution is -2.31. The largest absolute Gasteiger partial charge is 0.452 e. The van der Waals surface area contributed by atoms with E-state index in [4.69, 9.17) is 4.74 Å². The van der Waals surface area contributed by atoms with Crippen molar-refractivity contribution in [2.24, 2.45) is 0 Å². The van der Waals surface area contributed by atoms with Gasteiger partial charge in [0, 0.05) is 14.1 Å². The van der Waals surface area contributed by atoms with Crippen LogP contribution in [-0.4, -0.2) is 45.3 Å². The minimum Gasteiger partial charge on any atom is -0.452 e. The molecule has 156 valence electrons. The van der Waals surface area contributed by atoms with E-state index in [2.05, 4.69) is 5.32 Å². The van der Waals surface area contributed by atoms with Crippen LogP contribution in [0.2, 0.25) is 0 Å². The molecule has 29 heavy (non-hydrogen) atoms. The van der Waals surface area contributed by atoms with Gasteiger partial charge in [-0.2, -0.15) is 0 Å². The van der Waals surface area contributed by atoms with E-state index in [0.29, 0.717) is 0 Å². The van der Waals surface area contributed by atoms with Crippen molar-refractivity contribution in [1.82, 2.24) is 9.62 Å². The highest BCUT2D eigenvalue weighted by Crippen LogP contribution is 2.17. The average molecular weight is 419 g/mol. The number of aryl methyl sites for hydroxylation is 2. The van der Waals surface area contributed by atoms with Gasteiger partial charge in [0.1, 0.15) is 0 Å². The molecule has 0 spiro atoms. The van der Waals surface area contributed by atoms with E-state index in [1.54, 1.807) is 0 Å². The van der Waals surface area contributed by atoms with Crippen LogP contribution >= 0.6 is 0 Å². The molecule has 2 rings (SSSR count). The third-order valence-corrected chi connectivity index (χ3v) is 6.40. The number of hydrogen-bond donors (Lipinski definition) is 1. The molecule has 0 heterocycles. The Balaban J connectivity index is 1.98. The molecule has 7 nitrogen and oxygen atoms in total. The van der Waals surface area contributed by atoms with Crippen molar-refractivity contribution in [2.75, 3.05) is 20.7 Å². The van der Waals surface area contributed by atoms with Crippen LogP contribution in [0, 0.1) is 13.8 Å². The second-order valence-corrected chi connectivity index (χ2v) is 9.18. The van der Waals surface area contributed by atoms with Crippen LogP contribution in [0.25, 0.3) is 0 Å². The van der Waals surface area contributed by atoms with Gasteiger partial charge in [-0.15, -0.1) is 0 Å². The van der Waals surface area contributed by atoms with Crippen molar-refractivity contribution in [3.8, 4) is 0 Å². The molecule has 8 heteroatoms. The summed E-state index contributed by atoms with van der Waals surface area (Å²) in [5.74, 6) is -1.21. The molecule has 0 aliphatic rings. The Kier molecular flexibility index (Phi) is 7.16. The van der Waals surface area contributed by atoms with Crippen LogP contribution in [0.5, 0.6) is 0 Å². The molecule has 2 aromatic rings. The molecule has 0 aliphatic heterocycles. The predicted octanol–water partition coefficient (Wildman–Crippen LogP) is 2.59. The number of amides is 1. The first-order valence-electron chi connectivity index (χ1n) is 9.08. The average Bonchev–Trinajstić information content (AvgIpc) is 2.68. The molecule has 1 N–H and O–H groups in total. The molecule has 0 bridgehead atoms. The van der Waals surface area contributed by atoms with E-state index in [-0.39, 0.29) is 16.5 Å². The van der Waals surface area contributed by atoms with Crippen molar-refractivity contribution in [2.45, 2.75) is 31.7 Å². The molecular weight excluding hydrogens is 392 g/mol. The van der Waals surface area contributed by atoms with Crippen LogP contribution in [0.3, 0.4) is 0 Å². The summed E-state index contributed by atoms with van der Waals surface area (Å²) in [6, 6.07) is 11.2. The first-order chi connectivity index (χ1) is 13.5. The zero-order valence-corrected chi connectivity index (χ0v) is 18.0. The van der Waals surface area contributed by atoms with E-state index >= 15 is 0 Å². The highest BCUT2D eigenvalue weighted by molar-refractivity contribution is 7.89. The summed E-state index contributed by atoms with van der Waals surface area (Å²) in [6.45, 7) is 5.40. The van der Waals surface area contributed by atoms with Gasteiger partial charge in [-0.05, 0) is 55.7 Å². The molecule has 2 aromatic carbocycles. The summed E-state index contributed by atoms with van der Waals surface area (Å²) in [6.07, 6.45) is 0. The molecule has 0 saturated heterocycles. The third kappa shape index (κ3) is 5.65. The minimum absolute atomic E-state index is 0.0234. The van der Waals surface area contributed by atoms with Gasteiger partial charge >= 0.3 is 5.97 Å². The smallest absolute Gasteiger partial charge is 0.338 e. The van der Waals surface area contributed by atoms with Crippen LogP contribution in [0.15, 0.2) is 47.4 Å². The number of carbonyl (C=O) groups is 2. The first kappa shape index (κ1) is 22.6. The number of rotatable bonds is 7. The molecule has 1 amide bonds. The quantitative estimate of drug-likeness (QED) is 0.698. The summed E-state index contributed by atoms with van der Waals surface area (Å²) >= 11 is 0. The van der Waals surface area contributed by atoms with Crippen LogP contribution in [0.4, 0.5) is 0 Å². The third-order valence-electron chi connectivity index (χ3n) is 4.59. The number of ether oxygens (including phenoxy) is 1. The number of nitrogens with zero attached hydrogens (tertiary/aromatic N) is 1. The second-order valence-electron chi connectivity index (χ2n) is 7.02. The van der Waals surface area contributed by atoms with E-state index in [9.17, 15) is 18.0 Å². The number of nitrogens with one attached hydrogen (secondary N) is 1. The predicted molar refractivity (Wildman–Crippen MR) is 110 cm³/mol. The Bertz CT molecular complexity index is 1020. The topological polar surface area (TPSA) is 92.8 Å². The molecule has 0 aromatic heterocycles. The van der Waals surface area contributed by atoms with Gasteiger partial charge in [0.2, 0.25) is 10.0 Å². The Labute approximate surface area is 171 Å². The highest BCUT2D eigenvalue weighted by Gasteiger charge is 2.20. The van der Waals surface area contributed by atoms with E-state index in [0.717, 1.165) is 15.4 Å². The number of hydrogen-bond acceptors (Lipinski definition) is 5. The van der Waals surface area contributed by atoms with Gasteiger partial charge in [-0.25, -0.2) is 17.5 Å². The van der Waals surface area contributed by atoms with Crippen LogP contribution in [0.1, 0.15) is 40.0 Å². The summed E-state index contributed by atoms with van der Waals surface area (Å²) in [5.41, 5.74) is 3.31. The SMILES string of the molecule is Cc1ccc(C(C)NC(=O)COC(=O)c2cccc(S(=O)(=O)N(C)C)c2)cc1C. The maximum atomic E-state index is 12.2. The van der Waals surface area contributed by atoms with Gasteiger partial charge in [-0.3, -0.25) is 4.79 Å². The molecule has 0 radical (unpaired) electrons. The Morgan fingerprint density at radius 2 is 1.76 bits per heavy atom. The lowest BCUT2D eigenvalue weighted by atomic mass is 10.0. The lowest BCUT2D eigenvalue weighted by molar-refractivity contribution is -0.124. The summed E-state index contributed by atoms with van der Waals surface area (Å²) < 4.78 is 30.5. The maximum absolute atomic E-state index is 12.2. The van der Waals surface area contributed by atoms with E-state index in [1.165, 1.54) is 43.9 Å². The summed E-state index contributed by atoms with van der Waals surface area (Å²) in [7, 11) is -0.863. The molecular formula is C21H26N2O5S. The summed E-state index contributed by atoms with van der Waals surface area (Å²) in [5, 5.41) is 2.78. The first-order valence-corrected chi connectivity index (χ1v) is 10.5. The van der Waals surface area contributed by atoms with E-state index in [1.807, 2.05) is 39.0 Å². The number of carbonyl (C=O) groups excluding carboxylic acids is 2. The molecule has 0 fully saturated rings. The zero-order chi connectivity index (χ0) is 21.8. The van der Waals surface area contributed by atoms with Gasteiger partial charge in [0.25, 0.3) is 5.91 Å². The molecule has 0 saturated carbocycles. The zero-order valence-electron chi connectivity index (χ0n) is 17.2. The van der Waals surface area contributed by atoms with Gasteiger partial charge in [-0.1, -0.05) is 24.3 Å². The number of sulfonamides is 1. The normalized spacial score (nSPS) is 12.5. The lowest BCUT2D eigenvalue weighted by Gasteiger charge is -2.16. The maximum Gasteiger partial charge on any atom is 0.338 e. The Morgan fingerprint density at radius 3 is 2.38 bits per heavy atom. The fourth-order valence-corrected chi connectivity index (χ4v) is 3.56. The summed E-state index contributed by atoms with van der Waals surface area (Å²) in [4.78, 5) is 24.3. The van der Waals surface area contributed by atoms with Crippen LogP contribution in [-0.2, 0) is 19.6 Å². The van der Waals surface area contributed by atoms with Crippen molar-refractivity contribution >= 4 is 21.9 Å². The molecule has 0 aliphatic carbocycles. The number of esters is 1. The van der Waals surface area contributed by atoms with Crippen molar-refractivity contribution in [3.63, 3.8) is 0 Å². The van der Waals surface area contributed by atoms with E-state index < -0.39 is 28.5 Å². The Morgan fingerprint density at radius 1 is 1.07 bits per heavy atom. The van der Waals surface area contributed by atoms with Crippen molar-refractivity contribution in [1.29, 1.82) is 0 Å². The van der Waals surface area contributed by atoms with Gasteiger partial charge in [0.15, 0.2) is 6.61 Å². The number of benzene rings is 2.